The number of carbonyl (C=O) groups is 3. The van der Waals surface area contributed by atoms with Crippen molar-refractivity contribution in [1.82, 2.24) is 10.2 Å². The number of alkyl carbamates (subject to hydrolysis) is 1. The number of nitrogens with one attached hydrogen (secondary N) is 2. The molecule has 0 heterocycles. The Bertz CT molecular complexity index is 1430. The van der Waals surface area contributed by atoms with E-state index in [2.05, 4.69) is 16.6 Å². The zero-order valence-corrected chi connectivity index (χ0v) is 25.0. The van der Waals surface area contributed by atoms with Crippen molar-refractivity contribution in [3.63, 3.8) is 0 Å². The van der Waals surface area contributed by atoms with Crippen LogP contribution in [0.1, 0.15) is 72.1 Å². The first-order valence-electron chi connectivity index (χ1n) is 14.0. The van der Waals surface area contributed by atoms with Crippen LogP contribution in [-0.2, 0) is 14.3 Å². The van der Waals surface area contributed by atoms with Crippen molar-refractivity contribution in [2.24, 2.45) is 5.92 Å². The van der Waals surface area contributed by atoms with Crippen molar-refractivity contribution in [2.75, 3.05) is 5.32 Å². The standard InChI is InChI=1S/C34H41N3O4/c1-9-23(5)29(36-33(40)41-34(6,7)8)32(39)37(22(3)4)30(28-18-14-13-15-24(28)10-2)31(38)35-27-20-19-25-16-11-12-17-26(25)21-27/h2,11-23,29-30H,9H2,1,3-8H3,(H,35,38)(H,36,40). The number of fused-ring (bicyclic) bond motifs is 1. The molecule has 3 aromatic rings. The van der Waals surface area contributed by atoms with Crippen molar-refractivity contribution in [2.45, 2.75) is 78.6 Å². The minimum absolute atomic E-state index is 0.233. The van der Waals surface area contributed by atoms with E-state index in [1.807, 2.05) is 70.2 Å². The van der Waals surface area contributed by atoms with Gasteiger partial charge in [-0.2, -0.15) is 0 Å². The summed E-state index contributed by atoms with van der Waals surface area (Å²) in [5, 5.41) is 7.81. The molecular weight excluding hydrogens is 514 g/mol. The fraction of sp³-hybridized carbons (Fsp3) is 0.382. The quantitative estimate of drug-likeness (QED) is 0.289. The van der Waals surface area contributed by atoms with E-state index in [9.17, 15) is 14.4 Å². The van der Waals surface area contributed by atoms with Gasteiger partial charge in [-0.15, -0.1) is 6.42 Å². The molecule has 0 saturated carbocycles. The molecule has 41 heavy (non-hydrogen) atoms. The van der Waals surface area contributed by atoms with E-state index in [4.69, 9.17) is 11.2 Å². The van der Waals surface area contributed by atoms with Crippen LogP contribution in [0.25, 0.3) is 10.8 Å². The monoisotopic (exact) mass is 555 g/mol. The van der Waals surface area contributed by atoms with Crippen LogP contribution >= 0.6 is 0 Å². The van der Waals surface area contributed by atoms with Gasteiger partial charge in [-0.25, -0.2) is 4.79 Å². The molecule has 0 bridgehead atoms. The maximum Gasteiger partial charge on any atom is 0.408 e. The Morgan fingerprint density at radius 1 is 0.951 bits per heavy atom. The van der Waals surface area contributed by atoms with E-state index >= 15 is 0 Å². The van der Waals surface area contributed by atoms with E-state index in [1.165, 1.54) is 4.90 Å². The summed E-state index contributed by atoms with van der Waals surface area (Å²) in [4.78, 5) is 42.8. The van der Waals surface area contributed by atoms with Crippen LogP contribution in [-0.4, -0.2) is 40.5 Å². The first-order valence-corrected chi connectivity index (χ1v) is 14.0. The first kappa shape index (κ1) is 31.2. The number of amides is 3. The molecular formula is C34H41N3O4. The first-order chi connectivity index (χ1) is 19.4. The second-order valence-corrected chi connectivity index (χ2v) is 11.5. The molecule has 0 aliphatic carbocycles. The average molecular weight is 556 g/mol. The van der Waals surface area contributed by atoms with Crippen molar-refractivity contribution in [1.29, 1.82) is 0 Å². The molecule has 0 radical (unpaired) electrons. The van der Waals surface area contributed by atoms with E-state index in [1.54, 1.807) is 45.0 Å². The van der Waals surface area contributed by atoms with Gasteiger partial charge < -0.3 is 20.3 Å². The second-order valence-electron chi connectivity index (χ2n) is 11.5. The van der Waals surface area contributed by atoms with Gasteiger partial charge in [-0.1, -0.05) is 74.7 Å². The Kier molecular flexibility index (Phi) is 10.2. The lowest BCUT2D eigenvalue weighted by Crippen LogP contribution is -2.56. The third-order valence-corrected chi connectivity index (χ3v) is 6.92. The molecule has 3 unspecified atom stereocenters. The summed E-state index contributed by atoms with van der Waals surface area (Å²) in [6.45, 7) is 12.8. The van der Waals surface area contributed by atoms with Crippen molar-refractivity contribution >= 4 is 34.4 Å². The molecule has 0 spiro atoms. The van der Waals surface area contributed by atoms with Crippen LogP contribution in [0.2, 0.25) is 0 Å². The van der Waals surface area contributed by atoms with Crippen LogP contribution in [0.4, 0.5) is 10.5 Å². The predicted octanol–water partition coefficient (Wildman–Crippen LogP) is 6.68. The lowest BCUT2D eigenvalue weighted by Gasteiger charge is -2.38. The number of nitrogens with zero attached hydrogens (tertiary/aromatic N) is 1. The molecule has 3 atom stereocenters. The number of ether oxygens (including phenoxy) is 1. The third kappa shape index (κ3) is 7.88. The molecule has 2 N–H and O–H groups in total. The molecule has 0 saturated heterocycles. The number of benzene rings is 3. The van der Waals surface area contributed by atoms with Crippen LogP contribution in [0.15, 0.2) is 66.7 Å². The molecule has 3 rings (SSSR count). The van der Waals surface area contributed by atoms with Crippen molar-refractivity contribution in [3.8, 4) is 12.3 Å². The predicted molar refractivity (Wildman–Crippen MR) is 164 cm³/mol. The highest BCUT2D eigenvalue weighted by atomic mass is 16.6. The van der Waals surface area contributed by atoms with E-state index in [0.29, 0.717) is 23.2 Å². The lowest BCUT2D eigenvalue weighted by atomic mass is 9.93. The number of rotatable bonds is 9. The number of carbonyl (C=O) groups excluding carboxylic acids is 3. The van der Waals surface area contributed by atoms with Crippen LogP contribution in [0, 0.1) is 18.3 Å². The summed E-state index contributed by atoms with van der Waals surface area (Å²) in [6, 6.07) is 18.2. The highest BCUT2D eigenvalue weighted by Gasteiger charge is 2.40. The molecule has 0 fully saturated rings. The molecule has 7 heteroatoms. The SMILES string of the molecule is C#Cc1ccccc1C(C(=O)Nc1ccc2ccccc2c1)N(C(=O)C(NC(=O)OC(C)(C)C)C(C)CC)C(C)C. The summed E-state index contributed by atoms with van der Waals surface area (Å²) >= 11 is 0. The summed E-state index contributed by atoms with van der Waals surface area (Å²) in [7, 11) is 0. The second kappa shape index (κ2) is 13.4. The minimum atomic E-state index is -1.06. The number of terminal acetylenes is 1. The largest absolute Gasteiger partial charge is 0.444 e. The van der Waals surface area contributed by atoms with Gasteiger partial charge in [0, 0.05) is 17.3 Å². The topological polar surface area (TPSA) is 87.7 Å². The van der Waals surface area contributed by atoms with Crippen LogP contribution in [0.5, 0.6) is 0 Å². The molecule has 3 aromatic carbocycles. The Morgan fingerprint density at radius 3 is 2.20 bits per heavy atom. The highest BCUT2D eigenvalue weighted by molar-refractivity contribution is 6.01. The van der Waals surface area contributed by atoms with Crippen LogP contribution in [0.3, 0.4) is 0 Å². The Hall–Kier alpha value is -4.31. The number of hydrogen-bond donors (Lipinski definition) is 2. The summed E-state index contributed by atoms with van der Waals surface area (Å²) in [5.74, 6) is 1.62. The molecule has 0 aliphatic rings. The van der Waals surface area contributed by atoms with Gasteiger partial charge in [-0.3, -0.25) is 9.59 Å². The Morgan fingerprint density at radius 2 is 1.59 bits per heavy atom. The van der Waals surface area contributed by atoms with Crippen molar-refractivity contribution in [3.05, 3.63) is 77.9 Å². The van der Waals surface area contributed by atoms with Crippen molar-refractivity contribution < 1.29 is 19.1 Å². The fourth-order valence-corrected chi connectivity index (χ4v) is 4.72. The molecule has 7 nitrogen and oxygen atoms in total. The van der Waals surface area contributed by atoms with Gasteiger partial charge in [-0.05, 0) is 75.1 Å². The third-order valence-electron chi connectivity index (χ3n) is 6.92. The summed E-state index contributed by atoms with van der Waals surface area (Å²) < 4.78 is 5.47. The minimum Gasteiger partial charge on any atom is -0.444 e. The zero-order valence-electron chi connectivity index (χ0n) is 25.0. The number of anilines is 1. The van der Waals surface area contributed by atoms with Gasteiger partial charge in [0.25, 0.3) is 5.91 Å². The molecule has 0 aromatic heterocycles. The van der Waals surface area contributed by atoms with Gasteiger partial charge in [0.1, 0.15) is 17.7 Å². The van der Waals surface area contributed by atoms with Gasteiger partial charge in [0.15, 0.2) is 0 Å². The zero-order chi connectivity index (χ0) is 30.3. The lowest BCUT2D eigenvalue weighted by molar-refractivity contribution is -0.144. The smallest absolute Gasteiger partial charge is 0.408 e. The Labute approximate surface area is 243 Å². The fourth-order valence-electron chi connectivity index (χ4n) is 4.72. The summed E-state index contributed by atoms with van der Waals surface area (Å²) in [6.07, 6.45) is 5.78. The van der Waals surface area contributed by atoms with Crippen LogP contribution < -0.4 is 10.6 Å². The highest BCUT2D eigenvalue weighted by Crippen LogP contribution is 2.30. The Balaban J connectivity index is 2.08. The molecule has 0 aliphatic heterocycles. The maximum atomic E-state index is 14.4. The average Bonchev–Trinajstić information content (AvgIpc) is 2.92. The summed E-state index contributed by atoms with van der Waals surface area (Å²) in [5.41, 5.74) is 0.887. The van der Waals surface area contributed by atoms with E-state index < -0.39 is 41.6 Å². The molecule has 216 valence electrons. The maximum absolute atomic E-state index is 14.4. The van der Waals surface area contributed by atoms with Gasteiger partial charge in [0.05, 0.1) is 0 Å². The van der Waals surface area contributed by atoms with Gasteiger partial charge in [0.2, 0.25) is 5.91 Å². The van der Waals surface area contributed by atoms with E-state index in [-0.39, 0.29) is 5.92 Å². The normalized spacial score (nSPS) is 13.5. The van der Waals surface area contributed by atoms with Gasteiger partial charge >= 0.3 is 6.09 Å². The van der Waals surface area contributed by atoms with E-state index in [0.717, 1.165) is 10.8 Å². The molecule has 3 amide bonds. The number of hydrogen-bond acceptors (Lipinski definition) is 4.